The highest BCUT2D eigenvalue weighted by Gasteiger charge is 2.27. The van der Waals surface area contributed by atoms with Gasteiger partial charge < -0.3 is 10.2 Å². The number of nitrogens with one attached hydrogen (secondary N) is 1. The Hall–Kier alpha value is -0.590. The average molecular weight is 420 g/mol. The fraction of sp³-hybridized carbons (Fsp3) is 0.765. The monoisotopic (exact) mass is 418 g/mol. The van der Waals surface area contributed by atoms with Gasteiger partial charge in [-0.05, 0) is 66.5 Å². The molecule has 1 atom stereocenters. The van der Waals surface area contributed by atoms with Crippen LogP contribution < -0.4 is 5.32 Å². The molecule has 1 N–H and O–H groups in total. The Kier molecular flexibility index (Phi) is 7.57. The minimum Gasteiger partial charge on any atom is -0.343 e. The van der Waals surface area contributed by atoms with Crippen molar-refractivity contribution in [3.05, 3.63) is 16.9 Å². The minimum absolute atomic E-state index is 0. The first-order chi connectivity index (χ1) is 11.1. The highest BCUT2D eigenvalue weighted by molar-refractivity contribution is 9.10. The first kappa shape index (κ1) is 19.7. The lowest BCUT2D eigenvalue weighted by Crippen LogP contribution is -2.40. The van der Waals surface area contributed by atoms with Gasteiger partial charge in [-0.1, -0.05) is 6.92 Å². The Morgan fingerprint density at radius 3 is 2.58 bits per heavy atom. The quantitative estimate of drug-likeness (QED) is 0.815. The Labute approximate surface area is 159 Å². The summed E-state index contributed by atoms with van der Waals surface area (Å²) in [6.07, 6.45) is 9.00. The fourth-order valence-electron chi connectivity index (χ4n) is 3.88. The Morgan fingerprint density at radius 2 is 2.00 bits per heavy atom. The number of aromatic nitrogens is 2. The number of hydrogen-bond donors (Lipinski definition) is 1. The van der Waals surface area contributed by atoms with Gasteiger partial charge in [-0.2, -0.15) is 5.10 Å². The smallest absolute Gasteiger partial charge is 0.222 e. The second kappa shape index (κ2) is 9.20. The molecule has 0 aliphatic carbocycles. The number of halogens is 2. The molecule has 1 aromatic rings. The maximum atomic E-state index is 12.6. The molecule has 2 fully saturated rings. The molecule has 1 unspecified atom stereocenters. The molecule has 0 spiro atoms. The molecule has 7 heteroatoms. The maximum absolute atomic E-state index is 12.6. The number of piperidine rings is 2. The van der Waals surface area contributed by atoms with Crippen molar-refractivity contribution in [3.8, 4) is 0 Å². The number of likely N-dealkylation sites (tertiary alicyclic amines) is 1. The van der Waals surface area contributed by atoms with Gasteiger partial charge in [-0.15, -0.1) is 12.4 Å². The summed E-state index contributed by atoms with van der Waals surface area (Å²) in [5, 5.41) is 7.78. The van der Waals surface area contributed by atoms with Crippen LogP contribution in [0, 0.1) is 11.8 Å². The van der Waals surface area contributed by atoms with E-state index in [2.05, 4.69) is 38.2 Å². The standard InChI is InChI=1S/C17H27BrN4O.ClH/c1-13(14-2-6-19-7-3-14)10-17(23)21-8-4-16(5-9-21)22-12-15(18)11-20-22;/h11-14,16,19H,2-10H2,1H3;1H. The topological polar surface area (TPSA) is 50.2 Å². The summed E-state index contributed by atoms with van der Waals surface area (Å²) in [7, 11) is 0. The molecule has 3 heterocycles. The van der Waals surface area contributed by atoms with Crippen molar-refractivity contribution in [3.63, 3.8) is 0 Å². The molecular weight excluding hydrogens is 392 g/mol. The number of amides is 1. The first-order valence-corrected chi connectivity index (χ1v) is 9.61. The van der Waals surface area contributed by atoms with Gasteiger partial charge in [-0.3, -0.25) is 9.48 Å². The minimum atomic E-state index is 0. The van der Waals surface area contributed by atoms with Crippen LogP contribution in [-0.2, 0) is 4.79 Å². The van der Waals surface area contributed by atoms with Crippen LogP contribution in [-0.4, -0.2) is 46.8 Å². The van der Waals surface area contributed by atoms with E-state index < -0.39 is 0 Å². The highest BCUT2D eigenvalue weighted by Crippen LogP contribution is 2.27. The van der Waals surface area contributed by atoms with E-state index in [1.165, 1.54) is 12.8 Å². The van der Waals surface area contributed by atoms with E-state index in [1.54, 1.807) is 0 Å². The van der Waals surface area contributed by atoms with Crippen molar-refractivity contribution in [2.45, 2.75) is 45.1 Å². The number of hydrogen-bond acceptors (Lipinski definition) is 3. The number of carbonyl (C=O) groups excluding carboxylic acids is 1. The summed E-state index contributed by atoms with van der Waals surface area (Å²) in [4.78, 5) is 14.6. The maximum Gasteiger partial charge on any atom is 0.222 e. The zero-order chi connectivity index (χ0) is 16.2. The van der Waals surface area contributed by atoms with Crippen LogP contribution in [0.4, 0.5) is 0 Å². The summed E-state index contributed by atoms with van der Waals surface area (Å²) in [6.45, 7) is 6.18. The summed E-state index contributed by atoms with van der Waals surface area (Å²) in [5.74, 6) is 1.56. The molecule has 24 heavy (non-hydrogen) atoms. The summed E-state index contributed by atoms with van der Waals surface area (Å²) < 4.78 is 3.05. The molecule has 2 saturated heterocycles. The molecule has 5 nitrogen and oxygen atoms in total. The SMILES string of the molecule is CC(CC(=O)N1CCC(n2cc(Br)cn2)CC1)C1CCNCC1.Cl. The van der Waals surface area contributed by atoms with Crippen LogP contribution >= 0.6 is 28.3 Å². The number of rotatable bonds is 4. The molecule has 1 amide bonds. The molecule has 136 valence electrons. The largest absolute Gasteiger partial charge is 0.343 e. The molecule has 1 aromatic heterocycles. The van der Waals surface area contributed by atoms with E-state index in [9.17, 15) is 4.79 Å². The number of nitrogens with zero attached hydrogens (tertiary/aromatic N) is 3. The molecule has 0 bridgehead atoms. The average Bonchev–Trinajstić information content (AvgIpc) is 3.02. The van der Waals surface area contributed by atoms with Crippen LogP contribution in [0.25, 0.3) is 0 Å². The number of carbonyl (C=O) groups is 1. The summed E-state index contributed by atoms with van der Waals surface area (Å²) in [5.41, 5.74) is 0. The lowest BCUT2D eigenvalue weighted by molar-refractivity contribution is -0.133. The second-order valence-electron chi connectivity index (χ2n) is 7.02. The van der Waals surface area contributed by atoms with Crippen molar-refractivity contribution in [1.82, 2.24) is 20.0 Å². The lowest BCUT2D eigenvalue weighted by Gasteiger charge is -2.34. The van der Waals surface area contributed by atoms with E-state index in [-0.39, 0.29) is 12.4 Å². The van der Waals surface area contributed by atoms with E-state index in [4.69, 9.17) is 0 Å². The molecule has 3 rings (SSSR count). The van der Waals surface area contributed by atoms with Gasteiger partial charge in [0.15, 0.2) is 0 Å². The fourth-order valence-corrected chi connectivity index (χ4v) is 4.18. The third-order valence-corrected chi connectivity index (χ3v) is 5.86. The van der Waals surface area contributed by atoms with Crippen LogP contribution in [0.5, 0.6) is 0 Å². The van der Waals surface area contributed by atoms with Gasteiger partial charge in [0.05, 0.1) is 16.7 Å². The third kappa shape index (κ3) is 4.96. The second-order valence-corrected chi connectivity index (χ2v) is 7.94. The first-order valence-electron chi connectivity index (χ1n) is 8.81. The van der Waals surface area contributed by atoms with Gasteiger partial charge in [0.2, 0.25) is 5.91 Å². The third-order valence-electron chi connectivity index (χ3n) is 5.45. The van der Waals surface area contributed by atoms with Gasteiger partial charge in [-0.25, -0.2) is 0 Å². The van der Waals surface area contributed by atoms with E-state index >= 15 is 0 Å². The highest BCUT2D eigenvalue weighted by atomic mass is 79.9. The van der Waals surface area contributed by atoms with Crippen molar-refractivity contribution >= 4 is 34.2 Å². The van der Waals surface area contributed by atoms with Gasteiger partial charge in [0.25, 0.3) is 0 Å². The predicted octanol–water partition coefficient (Wildman–Crippen LogP) is 3.26. The Morgan fingerprint density at radius 1 is 1.33 bits per heavy atom. The van der Waals surface area contributed by atoms with E-state index in [0.717, 1.165) is 43.5 Å². The van der Waals surface area contributed by atoms with Crippen LogP contribution in [0.1, 0.15) is 45.1 Å². The normalized spacial score (nSPS) is 21.3. The van der Waals surface area contributed by atoms with Crippen molar-refractivity contribution in [2.24, 2.45) is 11.8 Å². The zero-order valence-electron chi connectivity index (χ0n) is 14.3. The lowest BCUT2D eigenvalue weighted by atomic mass is 9.84. The van der Waals surface area contributed by atoms with Crippen LogP contribution in [0.15, 0.2) is 16.9 Å². The Bertz CT molecular complexity index is 524. The molecular formula is C17H28BrClN4O. The van der Waals surface area contributed by atoms with E-state index in [1.807, 2.05) is 17.1 Å². The van der Waals surface area contributed by atoms with E-state index in [0.29, 0.717) is 30.2 Å². The molecule has 0 aromatic carbocycles. The van der Waals surface area contributed by atoms with Crippen molar-refractivity contribution in [2.75, 3.05) is 26.2 Å². The summed E-state index contributed by atoms with van der Waals surface area (Å²) >= 11 is 3.45. The van der Waals surface area contributed by atoms with Crippen LogP contribution in [0.2, 0.25) is 0 Å². The van der Waals surface area contributed by atoms with Gasteiger partial charge in [0.1, 0.15) is 0 Å². The zero-order valence-corrected chi connectivity index (χ0v) is 16.7. The van der Waals surface area contributed by atoms with Crippen molar-refractivity contribution < 1.29 is 4.79 Å². The Balaban J connectivity index is 0.00000208. The van der Waals surface area contributed by atoms with Crippen molar-refractivity contribution in [1.29, 1.82) is 0 Å². The van der Waals surface area contributed by atoms with Gasteiger partial charge >= 0.3 is 0 Å². The summed E-state index contributed by atoms with van der Waals surface area (Å²) in [6, 6.07) is 0.423. The van der Waals surface area contributed by atoms with Crippen LogP contribution in [0.3, 0.4) is 0 Å². The molecule has 2 aliphatic heterocycles. The molecule has 0 radical (unpaired) electrons. The van der Waals surface area contributed by atoms with Gasteiger partial charge in [0, 0.05) is 25.7 Å². The molecule has 0 saturated carbocycles. The molecule has 2 aliphatic rings. The predicted molar refractivity (Wildman–Crippen MR) is 101 cm³/mol.